The van der Waals surface area contributed by atoms with Crippen LogP contribution in [0.15, 0.2) is 28.7 Å². The molecule has 0 N–H and O–H groups in total. The first-order valence-electron chi connectivity index (χ1n) is 8.99. The van der Waals surface area contributed by atoms with E-state index < -0.39 is 7.05 Å². The topological polar surface area (TPSA) is 12.4 Å². The Morgan fingerprint density at radius 2 is 1.27 bits per heavy atom. The molecule has 128 valence electrons. The van der Waals surface area contributed by atoms with Crippen molar-refractivity contribution in [1.82, 2.24) is 0 Å². The molecule has 0 fully saturated rings. The standard InChI is InChI=1S/C20H38NP/c1-10-18(4,5)22(19(6,7)11-2,20(8,9)12-3)21-17-15-13-14-16-17/h13-15H,10-12,16H2,1-9H3. The van der Waals surface area contributed by atoms with Gasteiger partial charge in [0.15, 0.2) is 0 Å². The van der Waals surface area contributed by atoms with Crippen LogP contribution in [0.1, 0.15) is 88.0 Å². The molecule has 0 bridgehead atoms. The van der Waals surface area contributed by atoms with E-state index in [0.717, 1.165) is 6.42 Å². The van der Waals surface area contributed by atoms with E-state index in [9.17, 15) is 0 Å². The van der Waals surface area contributed by atoms with Gasteiger partial charge in [0.05, 0.1) is 0 Å². The molecule has 1 nitrogen and oxygen atoms in total. The Morgan fingerprint density at radius 1 is 0.864 bits per heavy atom. The minimum absolute atomic E-state index is 0.259. The molecule has 1 rings (SSSR count). The summed E-state index contributed by atoms with van der Waals surface area (Å²) in [6, 6.07) is 0. The number of nitrogens with zero attached hydrogens (tertiary/aromatic N) is 1. The van der Waals surface area contributed by atoms with Crippen molar-refractivity contribution in [2.45, 2.75) is 103 Å². The minimum atomic E-state index is -1.64. The molecule has 1 aliphatic carbocycles. The van der Waals surface area contributed by atoms with Crippen LogP contribution >= 0.6 is 7.05 Å². The SMILES string of the molecule is CCC(C)(C)P(=NC1=CC=CC1)(C(C)(C)CC)C(C)(C)CC. The van der Waals surface area contributed by atoms with Crippen LogP contribution in [0.3, 0.4) is 0 Å². The lowest BCUT2D eigenvalue weighted by atomic mass is 10.1. The molecule has 0 atom stereocenters. The van der Waals surface area contributed by atoms with Gasteiger partial charge in [-0.25, -0.2) is 0 Å². The molecule has 0 radical (unpaired) electrons. The van der Waals surface area contributed by atoms with Gasteiger partial charge >= 0.3 is 0 Å². The van der Waals surface area contributed by atoms with E-state index in [0.29, 0.717) is 0 Å². The smallest absolute Gasteiger partial charge is 0.0425 e. The van der Waals surface area contributed by atoms with E-state index in [1.807, 2.05) is 0 Å². The second kappa shape index (κ2) is 6.68. The molecule has 0 aromatic heterocycles. The maximum Gasteiger partial charge on any atom is 0.0425 e. The molecular formula is C20H38NP. The van der Waals surface area contributed by atoms with Crippen molar-refractivity contribution >= 4 is 7.05 Å². The van der Waals surface area contributed by atoms with E-state index in [1.165, 1.54) is 25.0 Å². The quantitative estimate of drug-likeness (QED) is 0.428. The highest BCUT2D eigenvalue weighted by atomic mass is 31.2. The summed E-state index contributed by atoms with van der Waals surface area (Å²) < 4.78 is 5.64. The van der Waals surface area contributed by atoms with Gasteiger partial charge in [-0.1, -0.05) is 74.5 Å². The second-order valence-corrected chi connectivity index (χ2v) is 13.6. The highest BCUT2D eigenvalue weighted by Gasteiger charge is 2.54. The zero-order valence-electron chi connectivity index (χ0n) is 16.5. The van der Waals surface area contributed by atoms with Gasteiger partial charge in [-0.05, 0) is 32.4 Å². The molecule has 22 heavy (non-hydrogen) atoms. The zero-order chi connectivity index (χ0) is 17.2. The monoisotopic (exact) mass is 323 g/mol. The van der Waals surface area contributed by atoms with Gasteiger partial charge in [-0.2, -0.15) is 0 Å². The third-order valence-electron chi connectivity index (χ3n) is 6.25. The first kappa shape index (κ1) is 19.8. The summed E-state index contributed by atoms with van der Waals surface area (Å²) in [7, 11) is -1.64. The van der Waals surface area contributed by atoms with Crippen molar-refractivity contribution in [2.24, 2.45) is 4.74 Å². The number of hydrogen-bond acceptors (Lipinski definition) is 1. The largest absolute Gasteiger partial charge is 0.270 e. The molecule has 0 amide bonds. The van der Waals surface area contributed by atoms with Crippen molar-refractivity contribution in [3.05, 3.63) is 23.9 Å². The maximum absolute atomic E-state index is 5.64. The molecule has 0 unspecified atom stereocenters. The minimum Gasteiger partial charge on any atom is -0.270 e. The Morgan fingerprint density at radius 3 is 1.55 bits per heavy atom. The number of allylic oxidation sites excluding steroid dienone is 3. The van der Waals surface area contributed by atoms with Gasteiger partial charge < -0.3 is 0 Å². The average Bonchev–Trinajstić information content (AvgIpc) is 2.96. The molecule has 0 heterocycles. The van der Waals surface area contributed by atoms with Crippen molar-refractivity contribution in [2.75, 3.05) is 0 Å². The van der Waals surface area contributed by atoms with Crippen LogP contribution in [-0.2, 0) is 0 Å². The van der Waals surface area contributed by atoms with Crippen molar-refractivity contribution in [1.29, 1.82) is 0 Å². The summed E-state index contributed by atoms with van der Waals surface area (Å²) in [6.45, 7) is 21.9. The van der Waals surface area contributed by atoms with Gasteiger partial charge in [0.2, 0.25) is 0 Å². The second-order valence-electron chi connectivity index (χ2n) is 8.52. The van der Waals surface area contributed by atoms with Crippen LogP contribution in [0.4, 0.5) is 0 Å². The normalized spacial score (nSPS) is 16.9. The summed E-state index contributed by atoms with van der Waals surface area (Å²) >= 11 is 0. The van der Waals surface area contributed by atoms with E-state index in [1.54, 1.807) is 0 Å². The first-order valence-corrected chi connectivity index (χ1v) is 10.7. The molecule has 2 heteroatoms. The van der Waals surface area contributed by atoms with Crippen LogP contribution in [0, 0.1) is 0 Å². The summed E-state index contributed by atoms with van der Waals surface area (Å²) in [5.41, 5.74) is 1.30. The van der Waals surface area contributed by atoms with E-state index in [-0.39, 0.29) is 15.5 Å². The molecule has 0 aromatic rings. The van der Waals surface area contributed by atoms with E-state index in [2.05, 4.69) is 80.5 Å². The lowest BCUT2D eigenvalue weighted by Crippen LogP contribution is -2.42. The highest BCUT2D eigenvalue weighted by molar-refractivity contribution is 7.71. The Labute approximate surface area is 139 Å². The van der Waals surface area contributed by atoms with Crippen LogP contribution in [0.25, 0.3) is 0 Å². The van der Waals surface area contributed by atoms with Crippen molar-refractivity contribution < 1.29 is 0 Å². The Bertz CT molecular complexity index is 456. The molecule has 0 aromatic carbocycles. The summed E-state index contributed by atoms with van der Waals surface area (Å²) in [4.78, 5) is 0. The summed E-state index contributed by atoms with van der Waals surface area (Å²) in [5, 5.41) is 0.778. The van der Waals surface area contributed by atoms with Crippen LogP contribution in [0.2, 0.25) is 0 Å². The molecule has 0 aliphatic heterocycles. The third kappa shape index (κ3) is 3.03. The molecule has 0 spiro atoms. The molecule has 0 saturated heterocycles. The molecule has 0 saturated carbocycles. The predicted molar refractivity (Wildman–Crippen MR) is 104 cm³/mol. The third-order valence-corrected chi connectivity index (χ3v) is 13.0. The van der Waals surface area contributed by atoms with Crippen LogP contribution in [0.5, 0.6) is 0 Å². The van der Waals surface area contributed by atoms with Gasteiger partial charge in [0.25, 0.3) is 0 Å². The summed E-state index contributed by atoms with van der Waals surface area (Å²) in [6.07, 6.45) is 11.2. The van der Waals surface area contributed by atoms with E-state index in [4.69, 9.17) is 4.74 Å². The molecule has 1 aliphatic rings. The van der Waals surface area contributed by atoms with E-state index >= 15 is 0 Å². The van der Waals surface area contributed by atoms with Gasteiger partial charge in [-0.15, -0.1) is 0 Å². The Hall–Kier alpha value is -0.290. The fraction of sp³-hybridized carbons (Fsp3) is 0.800. The average molecular weight is 324 g/mol. The van der Waals surface area contributed by atoms with Gasteiger partial charge in [0, 0.05) is 27.6 Å². The maximum atomic E-state index is 5.64. The summed E-state index contributed by atoms with van der Waals surface area (Å²) in [5.74, 6) is 0. The lowest BCUT2D eigenvalue weighted by Gasteiger charge is -2.57. The number of hydrogen-bond donors (Lipinski definition) is 0. The zero-order valence-corrected chi connectivity index (χ0v) is 17.3. The van der Waals surface area contributed by atoms with Crippen LogP contribution < -0.4 is 0 Å². The van der Waals surface area contributed by atoms with Crippen LogP contribution in [-0.4, -0.2) is 15.5 Å². The first-order chi connectivity index (χ1) is 10.0. The fourth-order valence-corrected chi connectivity index (χ4v) is 11.9. The van der Waals surface area contributed by atoms with Gasteiger partial charge in [-0.3, -0.25) is 4.74 Å². The Balaban J connectivity index is 3.81. The fourth-order valence-electron chi connectivity index (χ4n) is 4.25. The van der Waals surface area contributed by atoms with Crippen molar-refractivity contribution in [3.63, 3.8) is 0 Å². The molecular weight excluding hydrogens is 285 g/mol. The van der Waals surface area contributed by atoms with Gasteiger partial charge in [0.1, 0.15) is 0 Å². The Kier molecular flexibility index (Phi) is 6.00. The highest BCUT2D eigenvalue weighted by Crippen LogP contribution is 2.79. The number of rotatable bonds is 7. The predicted octanol–water partition coefficient (Wildman–Crippen LogP) is 7.60. The van der Waals surface area contributed by atoms with Crippen molar-refractivity contribution in [3.8, 4) is 0 Å². The lowest BCUT2D eigenvalue weighted by molar-refractivity contribution is 0.536.